The van der Waals surface area contributed by atoms with E-state index < -0.39 is 0 Å². The van der Waals surface area contributed by atoms with Crippen LogP contribution in [-0.2, 0) is 9.53 Å². The zero-order chi connectivity index (χ0) is 12.8. The van der Waals surface area contributed by atoms with Crippen LogP contribution in [0.3, 0.4) is 0 Å². The van der Waals surface area contributed by atoms with Gasteiger partial charge in [-0.15, -0.1) is 0 Å². The van der Waals surface area contributed by atoms with Crippen molar-refractivity contribution in [1.29, 1.82) is 0 Å². The molecule has 0 spiro atoms. The van der Waals surface area contributed by atoms with Crippen LogP contribution >= 0.6 is 15.9 Å². The van der Waals surface area contributed by atoms with Crippen LogP contribution in [0.15, 0.2) is 0 Å². The van der Waals surface area contributed by atoms with E-state index in [1.165, 1.54) is 0 Å². The Balaban J connectivity index is 1.82. The smallest absolute Gasteiger partial charge is 0.228 e. The van der Waals surface area contributed by atoms with E-state index in [0.717, 1.165) is 63.9 Å². The van der Waals surface area contributed by atoms with Crippen molar-refractivity contribution in [3.8, 4) is 0 Å². The van der Waals surface area contributed by atoms with Crippen molar-refractivity contribution in [3.63, 3.8) is 0 Å². The highest BCUT2D eigenvalue weighted by atomic mass is 79.9. The van der Waals surface area contributed by atoms with Gasteiger partial charge in [0, 0.05) is 38.1 Å². The van der Waals surface area contributed by atoms with Crippen LogP contribution in [0.1, 0.15) is 19.3 Å². The van der Waals surface area contributed by atoms with E-state index >= 15 is 0 Å². The second-order valence-electron chi connectivity index (χ2n) is 5.12. The summed E-state index contributed by atoms with van der Waals surface area (Å²) >= 11 is 3.48. The molecule has 0 bridgehead atoms. The van der Waals surface area contributed by atoms with Crippen molar-refractivity contribution in [2.75, 3.05) is 51.3 Å². The Bertz CT molecular complexity index is 270. The van der Waals surface area contributed by atoms with Crippen molar-refractivity contribution < 1.29 is 9.53 Å². The first-order valence-corrected chi connectivity index (χ1v) is 8.08. The zero-order valence-electron chi connectivity index (χ0n) is 10.9. The first-order valence-electron chi connectivity index (χ1n) is 6.96. The third kappa shape index (κ3) is 3.93. The maximum Gasteiger partial charge on any atom is 0.228 e. The summed E-state index contributed by atoms with van der Waals surface area (Å²) in [5.41, 5.74) is 0. The minimum Gasteiger partial charge on any atom is -0.381 e. The normalized spacial score (nSPS) is 26.9. The molecule has 5 heteroatoms. The summed E-state index contributed by atoms with van der Waals surface area (Å²) in [5.74, 6) is 0.428. The lowest BCUT2D eigenvalue weighted by Gasteiger charge is -2.28. The van der Waals surface area contributed by atoms with E-state index in [4.69, 9.17) is 4.74 Å². The number of alkyl halides is 1. The number of ether oxygens (including phenoxy) is 1. The predicted molar refractivity (Wildman–Crippen MR) is 75.0 cm³/mol. The average Bonchev–Trinajstić information content (AvgIpc) is 2.65. The van der Waals surface area contributed by atoms with E-state index in [1.54, 1.807) is 0 Å². The third-order valence-corrected chi connectivity index (χ3v) is 4.17. The Morgan fingerprint density at radius 3 is 2.83 bits per heavy atom. The van der Waals surface area contributed by atoms with Crippen LogP contribution in [0.5, 0.6) is 0 Å². The van der Waals surface area contributed by atoms with Crippen molar-refractivity contribution in [2.45, 2.75) is 19.3 Å². The Morgan fingerprint density at radius 2 is 2.11 bits per heavy atom. The second kappa shape index (κ2) is 7.46. The summed E-state index contributed by atoms with van der Waals surface area (Å²) in [5, 5.41) is 1.01. The molecule has 1 atom stereocenters. The molecule has 4 nitrogen and oxygen atoms in total. The molecule has 0 aromatic carbocycles. The molecule has 2 fully saturated rings. The summed E-state index contributed by atoms with van der Waals surface area (Å²) in [4.78, 5) is 16.9. The molecule has 0 aromatic rings. The molecule has 0 aromatic heterocycles. The maximum absolute atomic E-state index is 12.4. The number of rotatable bonds is 3. The van der Waals surface area contributed by atoms with Crippen molar-refractivity contribution in [3.05, 3.63) is 0 Å². The monoisotopic (exact) mass is 318 g/mol. The number of nitrogens with zero attached hydrogens (tertiary/aromatic N) is 2. The van der Waals surface area contributed by atoms with Crippen LogP contribution in [0.25, 0.3) is 0 Å². The van der Waals surface area contributed by atoms with Gasteiger partial charge >= 0.3 is 0 Å². The quantitative estimate of drug-likeness (QED) is 0.736. The van der Waals surface area contributed by atoms with Gasteiger partial charge in [-0.25, -0.2) is 0 Å². The highest BCUT2D eigenvalue weighted by molar-refractivity contribution is 9.09. The first kappa shape index (κ1) is 14.3. The fourth-order valence-corrected chi connectivity index (χ4v) is 3.23. The molecule has 2 rings (SSSR count). The Kier molecular flexibility index (Phi) is 5.92. The van der Waals surface area contributed by atoms with Crippen LogP contribution in [0.2, 0.25) is 0 Å². The molecule has 2 heterocycles. The van der Waals surface area contributed by atoms with E-state index in [-0.39, 0.29) is 5.92 Å². The van der Waals surface area contributed by atoms with Gasteiger partial charge in [0.15, 0.2) is 0 Å². The molecule has 104 valence electrons. The molecular weight excluding hydrogens is 296 g/mol. The van der Waals surface area contributed by atoms with E-state index in [2.05, 4.69) is 20.8 Å². The SMILES string of the molecule is O=C(C1CCCOC1)N1CCCN(CCBr)CC1. The topological polar surface area (TPSA) is 32.8 Å². The summed E-state index contributed by atoms with van der Waals surface area (Å²) in [6, 6.07) is 0. The standard InChI is InChI=1S/C13H23BrN2O2/c14-4-7-15-5-2-6-16(9-8-15)13(17)12-3-1-10-18-11-12/h12H,1-11H2. The summed E-state index contributed by atoms with van der Waals surface area (Å²) < 4.78 is 5.42. The summed E-state index contributed by atoms with van der Waals surface area (Å²) in [7, 11) is 0. The van der Waals surface area contributed by atoms with Gasteiger partial charge in [-0.3, -0.25) is 4.79 Å². The zero-order valence-corrected chi connectivity index (χ0v) is 12.5. The number of hydrogen-bond donors (Lipinski definition) is 0. The Morgan fingerprint density at radius 1 is 1.22 bits per heavy atom. The molecular formula is C13H23BrN2O2. The minimum absolute atomic E-state index is 0.112. The van der Waals surface area contributed by atoms with Crippen molar-refractivity contribution >= 4 is 21.8 Å². The molecule has 0 radical (unpaired) electrons. The van der Waals surface area contributed by atoms with Gasteiger partial charge < -0.3 is 14.5 Å². The first-order chi connectivity index (χ1) is 8.81. The molecule has 1 amide bonds. The van der Waals surface area contributed by atoms with Crippen LogP contribution in [0.4, 0.5) is 0 Å². The minimum atomic E-state index is 0.112. The van der Waals surface area contributed by atoms with E-state index in [9.17, 15) is 4.79 Å². The average molecular weight is 319 g/mol. The fourth-order valence-electron chi connectivity index (χ4n) is 2.73. The van der Waals surface area contributed by atoms with Gasteiger partial charge in [0.25, 0.3) is 0 Å². The number of carbonyl (C=O) groups is 1. The summed E-state index contributed by atoms with van der Waals surface area (Å²) in [6.45, 7) is 6.43. The third-order valence-electron chi connectivity index (χ3n) is 3.81. The Hall–Kier alpha value is -0.130. The number of halogens is 1. The Labute approximate surface area is 118 Å². The lowest BCUT2D eigenvalue weighted by molar-refractivity contribution is -0.139. The lowest BCUT2D eigenvalue weighted by atomic mass is 10.0. The molecule has 2 saturated heterocycles. The van der Waals surface area contributed by atoms with Gasteiger partial charge in [-0.2, -0.15) is 0 Å². The maximum atomic E-state index is 12.4. The fraction of sp³-hybridized carbons (Fsp3) is 0.923. The van der Waals surface area contributed by atoms with E-state index in [1.807, 2.05) is 4.90 Å². The largest absolute Gasteiger partial charge is 0.381 e. The molecule has 1 unspecified atom stereocenters. The van der Waals surface area contributed by atoms with Crippen LogP contribution in [0, 0.1) is 5.92 Å². The number of carbonyl (C=O) groups excluding carboxylic acids is 1. The summed E-state index contributed by atoms with van der Waals surface area (Å²) in [6.07, 6.45) is 3.12. The highest BCUT2D eigenvalue weighted by Crippen LogP contribution is 2.17. The number of hydrogen-bond acceptors (Lipinski definition) is 3. The lowest BCUT2D eigenvalue weighted by Crippen LogP contribution is -2.41. The van der Waals surface area contributed by atoms with Gasteiger partial charge in [0.05, 0.1) is 12.5 Å². The molecule has 0 saturated carbocycles. The molecule has 2 aliphatic rings. The van der Waals surface area contributed by atoms with Gasteiger partial charge in [0.2, 0.25) is 5.91 Å². The van der Waals surface area contributed by atoms with Gasteiger partial charge in [-0.05, 0) is 25.8 Å². The molecule has 18 heavy (non-hydrogen) atoms. The van der Waals surface area contributed by atoms with E-state index in [0.29, 0.717) is 12.5 Å². The highest BCUT2D eigenvalue weighted by Gasteiger charge is 2.27. The molecule has 2 aliphatic heterocycles. The van der Waals surface area contributed by atoms with Crippen LogP contribution in [-0.4, -0.2) is 67.0 Å². The second-order valence-corrected chi connectivity index (χ2v) is 5.92. The van der Waals surface area contributed by atoms with Gasteiger partial charge in [0.1, 0.15) is 0 Å². The predicted octanol–water partition coefficient (Wildman–Crippen LogP) is 1.34. The molecule has 0 N–H and O–H groups in total. The van der Waals surface area contributed by atoms with Gasteiger partial charge in [-0.1, -0.05) is 15.9 Å². The van der Waals surface area contributed by atoms with Crippen LogP contribution < -0.4 is 0 Å². The molecule has 0 aliphatic carbocycles. The van der Waals surface area contributed by atoms with Crippen molar-refractivity contribution in [1.82, 2.24) is 9.80 Å². The number of amides is 1. The van der Waals surface area contributed by atoms with Crippen molar-refractivity contribution in [2.24, 2.45) is 5.92 Å².